The number of alkyl carbamates (subject to hydrolysis) is 1. The molecule has 0 bridgehead atoms. The van der Waals surface area contributed by atoms with Gasteiger partial charge in [0.15, 0.2) is 0 Å². The van der Waals surface area contributed by atoms with Crippen molar-refractivity contribution in [2.45, 2.75) is 88.7 Å². The number of amides is 3. The van der Waals surface area contributed by atoms with Crippen LogP contribution < -0.4 is 16.0 Å². The van der Waals surface area contributed by atoms with E-state index in [1.54, 1.807) is 0 Å². The molecule has 2 fully saturated rings. The lowest BCUT2D eigenvalue weighted by atomic mass is 9.87. The van der Waals surface area contributed by atoms with Crippen LogP contribution in [0.25, 0.3) is 0 Å². The van der Waals surface area contributed by atoms with Crippen LogP contribution in [0.3, 0.4) is 0 Å². The number of rotatable bonds is 13. The number of aldehydes is 1. The van der Waals surface area contributed by atoms with E-state index in [0.717, 1.165) is 76.8 Å². The van der Waals surface area contributed by atoms with Crippen molar-refractivity contribution in [1.29, 1.82) is 5.41 Å². The van der Waals surface area contributed by atoms with Gasteiger partial charge in [0.05, 0.1) is 0 Å². The third-order valence-corrected chi connectivity index (χ3v) is 10.4. The first-order valence-corrected chi connectivity index (χ1v) is 18.7. The molecule has 0 spiro atoms. The minimum Gasteiger partial charge on any atom is -0.444 e. The van der Waals surface area contributed by atoms with Crippen LogP contribution >= 0.6 is 11.9 Å². The summed E-state index contributed by atoms with van der Waals surface area (Å²) in [7, 11) is 3.35. The van der Waals surface area contributed by atoms with Gasteiger partial charge >= 0.3 is 12.1 Å². The maximum atomic E-state index is 12.5. The van der Waals surface area contributed by atoms with E-state index in [-0.39, 0.29) is 30.9 Å². The van der Waals surface area contributed by atoms with Crippen LogP contribution in [0.1, 0.15) is 82.4 Å². The third-order valence-electron chi connectivity index (χ3n) is 9.29. The van der Waals surface area contributed by atoms with Crippen LogP contribution in [0.4, 0.5) is 15.3 Å². The molecule has 0 aromatic heterocycles. The molecule has 1 atom stereocenters. The van der Waals surface area contributed by atoms with Crippen LogP contribution in [-0.2, 0) is 16.0 Å². The van der Waals surface area contributed by atoms with Gasteiger partial charge in [0, 0.05) is 68.9 Å². The monoisotopic (exact) mass is 707 g/mol. The number of anilines is 1. The molecular formula is C38H57N7O4S. The standard InChI is InChI=1S/C38H57N7O4S/c1-27(23-28-9-7-10-32(24-28)50-44-20-15-31(16-21-44)42-37(48)49-38(2,3)4)26-43-18-13-29(14-19-43)30-11-12-34(40-5)33(25-30)35(39)45(17-8-22-46)36(47)41-6/h7,9-12,22,24-25,27,29,31,39-40H,8,13-21,23,26H2,1-6H3,(H,41,47)(H,42,48). The van der Waals surface area contributed by atoms with Crippen LogP contribution in [-0.4, -0.2) is 103 Å². The number of benzene rings is 2. The van der Waals surface area contributed by atoms with Crippen LogP contribution in [0.2, 0.25) is 0 Å². The second-order valence-electron chi connectivity index (χ2n) is 14.5. The largest absolute Gasteiger partial charge is 0.444 e. The highest BCUT2D eigenvalue weighted by Crippen LogP contribution is 2.32. The molecule has 2 aliphatic heterocycles. The summed E-state index contributed by atoms with van der Waals surface area (Å²) in [6.45, 7) is 13.1. The first kappa shape index (κ1) is 39.2. The molecule has 0 saturated carbocycles. The fourth-order valence-electron chi connectivity index (χ4n) is 6.81. The summed E-state index contributed by atoms with van der Waals surface area (Å²) in [6.07, 6.45) is 5.53. The Balaban J connectivity index is 1.25. The molecule has 2 saturated heterocycles. The minimum absolute atomic E-state index is 0.0864. The average molecular weight is 708 g/mol. The zero-order chi connectivity index (χ0) is 36.3. The Morgan fingerprint density at radius 1 is 1.06 bits per heavy atom. The van der Waals surface area contributed by atoms with Gasteiger partial charge in [-0.2, -0.15) is 0 Å². The van der Waals surface area contributed by atoms with Gasteiger partial charge in [0.2, 0.25) is 0 Å². The maximum Gasteiger partial charge on any atom is 0.407 e. The molecule has 2 aromatic rings. The van der Waals surface area contributed by atoms with E-state index in [1.165, 1.54) is 28.0 Å². The lowest BCUT2D eigenvalue weighted by Crippen LogP contribution is -2.44. The summed E-state index contributed by atoms with van der Waals surface area (Å²) in [5.41, 5.74) is 3.50. The molecule has 1 unspecified atom stereocenters. The van der Waals surface area contributed by atoms with Crippen molar-refractivity contribution in [1.82, 2.24) is 24.7 Å². The summed E-state index contributed by atoms with van der Waals surface area (Å²) in [5, 5.41) is 17.6. The van der Waals surface area contributed by atoms with Gasteiger partial charge in [-0.05, 0) is 125 Å². The predicted molar refractivity (Wildman–Crippen MR) is 202 cm³/mol. The summed E-state index contributed by atoms with van der Waals surface area (Å²) in [6, 6.07) is 14.8. The molecule has 2 aliphatic rings. The topological polar surface area (TPSA) is 130 Å². The molecule has 50 heavy (non-hydrogen) atoms. The second kappa shape index (κ2) is 18.6. The van der Waals surface area contributed by atoms with E-state index < -0.39 is 11.6 Å². The van der Waals surface area contributed by atoms with Crippen LogP contribution in [0.15, 0.2) is 47.4 Å². The Labute approximate surface area is 302 Å². The second-order valence-corrected chi connectivity index (χ2v) is 15.7. The lowest BCUT2D eigenvalue weighted by Gasteiger charge is -2.34. The zero-order valence-corrected chi connectivity index (χ0v) is 31.5. The Morgan fingerprint density at radius 2 is 1.78 bits per heavy atom. The fraction of sp³-hybridized carbons (Fsp3) is 0.579. The molecule has 0 aliphatic carbocycles. The molecule has 3 amide bonds. The van der Waals surface area contributed by atoms with E-state index in [4.69, 9.17) is 10.1 Å². The number of carbonyl (C=O) groups is 3. The number of likely N-dealkylation sites (tertiary alicyclic amines) is 1. The van der Waals surface area contributed by atoms with E-state index in [0.29, 0.717) is 17.4 Å². The predicted octanol–water partition coefficient (Wildman–Crippen LogP) is 6.34. The van der Waals surface area contributed by atoms with Crippen LogP contribution in [0, 0.1) is 11.3 Å². The highest BCUT2D eigenvalue weighted by molar-refractivity contribution is 7.97. The molecule has 274 valence electrons. The van der Waals surface area contributed by atoms with Crippen molar-refractivity contribution >= 4 is 41.9 Å². The van der Waals surface area contributed by atoms with Gasteiger partial charge in [0.1, 0.15) is 17.7 Å². The highest BCUT2D eigenvalue weighted by Gasteiger charge is 2.27. The zero-order valence-electron chi connectivity index (χ0n) is 30.7. The van der Waals surface area contributed by atoms with Gasteiger partial charge in [-0.3, -0.25) is 10.3 Å². The molecule has 12 heteroatoms. The van der Waals surface area contributed by atoms with Crippen molar-refractivity contribution in [2.75, 3.05) is 58.7 Å². The van der Waals surface area contributed by atoms with Gasteiger partial charge < -0.3 is 30.4 Å². The molecule has 2 aromatic carbocycles. The molecular weight excluding hydrogens is 651 g/mol. The summed E-state index contributed by atoms with van der Waals surface area (Å²) < 4.78 is 7.81. The van der Waals surface area contributed by atoms with E-state index in [9.17, 15) is 14.4 Å². The Bertz CT molecular complexity index is 1450. The average Bonchev–Trinajstić information content (AvgIpc) is 3.08. The number of carbonyl (C=O) groups excluding carboxylic acids is 3. The van der Waals surface area contributed by atoms with Gasteiger partial charge in [-0.1, -0.05) is 25.1 Å². The molecule has 2 heterocycles. The van der Waals surface area contributed by atoms with Crippen molar-refractivity contribution in [3.8, 4) is 0 Å². The lowest BCUT2D eigenvalue weighted by molar-refractivity contribution is -0.107. The number of piperidine rings is 2. The molecule has 4 rings (SSSR count). The first-order valence-electron chi connectivity index (χ1n) is 18.0. The van der Waals surface area contributed by atoms with Crippen molar-refractivity contribution in [3.63, 3.8) is 0 Å². The van der Waals surface area contributed by atoms with E-state index >= 15 is 0 Å². The summed E-state index contributed by atoms with van der Waals surface area (Å²) in [5.74, 6) is 0.989. The number of hydrogen-bond acceptors (Lipinski definition) is 9. The van der Waals surface area contributed by atoms with E-state index in [1.807, 2.05) is 51.9 Å². The maximum absolute atomic E-state index is 12.5. The summed E-state index contributed by atoms with van der Waals surface area (Å²) in [4.78, 5) is 40.9. The normalized spacial score (nSPS) is 17.1. The van der Waals surface area contributed by atoms with Crippen LogP contribution in [0.5, 0.6) is 0 Å². The number of ether oxygens (including phenoxy) is 1. The summed E-state index contributed by atoms with van der Waals surface area (Å²) >= 11 is 1.81. The number of hydrogen-bond donors (Lipinski definition) is 4. The Kier molecular flexibility index (Phi) is 14.6. The van der Waals surface area contributed by atoms with Gasteiger partial charge in [0.25, 0.3) is 0 Å². The third kappa shape index (κ3) is 11.7. The fourth-order valence-corrected chi connectivity index (χ4v) is 7.84. The van der Waals surface area contributed by atoms with Crippen molar-refractivity contribution in [2.24, 2.45) is 5.92 Å². The molecule has 11 nitrogen and oxygen atoms in total. The smallest absolute Gasteiger partial charge is 0.407 e. The Morgan fingerprint density at radius 3 is 2.42 bits per heavy atom. The molecule has 0 radical (unpaired) electrons. The number of urea groups is 1. The SMILES string of the molecule is CNC(=O)N(CCC=O)C(=N)c1cc(C2CCN(CC(C)Cc3cccc(SN4CCC(NC(=O)OC(C)(C)C)CC4)c3)CC2)ccc1NC. The van der Waals surface area contributed by atoms with Gasteiger partial charge in [-0.25, -0.2) is 13.9 Å². The Hall–Kier alpha value is -3.61. The van der Waals surface area contributed by atoms with Gasteiger partial charge in [-0.15, -0.1) is 0 Å². The van der Waals surface area contributed by atoms with E-state index in [2.05, 4.69) is 62.4 Å². The minimum atomic E-state index is -0.488. The molecule has 4 N–H and O–H groups in total. The highest BCUT2D eigenvalue weighted by atomic mass is 32.2. The van der Waals surface area contributed by atoms with Crippen molar-refractivity contribution < 1.29 is 19.1 Å². The number of amidine groups is 1. The first-order chi connectivity index (χ1) is 23.9. The van der Waals surface area contributed by atoms with Crippen molar-refractivity contribution in [3.05, 3.63) is 59.2 Å². The number of nitrogens with zero attached hydrogens (tertiary/aromatic N) is 3. The quantitative estimate of drug-likeness (QED) is 0.0822. The number of nitrogens with one attached hydrogen (secondary N) is 4.